The van der Waals surface area contributed by atoms with Gasteiger partial charge in [0.25, 0.3) is 0 Å². The molecule has 1 rings (SSSR count). The summed E-state index contributed by atoms with van der Waals surface area (Å²) < 4.78 is 0. The molecule has 0 heterocycles. The molecule has 0 aliphatic heterocycles. The Labute approximate surface area is 88.8 Å². The fourth-order valence-electron chi connectivity index (χ4n) is 2.76. The van der Waals surface area contributed by atoms with Crippen molar-refractivity contribution in [3.63, 3.8) is 0 Å². The molecule has 1 aliphatic carbocycles. The average molecular weight is 195 g/mol. The highest BCUT2D eigenvalue weighted by atomic mass is 14.5. The summed E-state index contributed by atoms with van der Waals surface area (Å²) in [5, 5.41) is 0. The molecule has 0 spiro atoms. The second kappa shape index (κ2) is 6.23. The van der Waals surface area contributed by atoms with Gasteiger partial charge in [0, 0.05) is 0 Å². The van der Waals surface area contributed by atoms with Crippen LogP contribution in [0.3, 0.4) is 0 Å². The summed E-state index contributed by atoms with van der Waals surface area (Å²) in [5.41, 5.74) is 7.13. The smallest absolute Gasteiger partial charge is 0.00425 e. The monoisotopic (exact) mass is 195 g/mol. The summed E-state index contributed by atoms with van der Waals surface area (Å²) in [6, 6.07) is 0. The van der Waals surface area contributed by atoms with E-state index in [0.29, 0.717) is 0 Å². The maximum atomic E-state index is 5.53. The van der Waals surface area contributed by atoms with E-state index >= 15 is 0 Å². The second-order valence-corrected chi connectivity index (χ2v) is 4.58. The normalized spacial score (nSPS) is 29.2. The first-order chi connectivity index (χ1) is 6.79. The number of hydrogen-bond donors (Lipinski definition) is 1. The van der Waals surface area contributed by atoms with E-state index in [-0.39, 0.29) is 0 Å². The Hall–Kier alpha value is -0.300. The standard InChI is InChI=1S/C13H25N/c1-3-12-8-4-5-9-13(12)11(2)7-6-10-14/h7,12-13H,3-6,8-10,14H2,1-2H3. The molecule has 2 atom stereocenters. The molecule has 0 radical (unpaired) electrons. The highest BCUT2D eigenvalue weighted by Gasteiger charge is 2.24. The first kappa shape index (κ1) is 11.8. The van der Waals surface area contributed by atoms with Gasteiger partial charge in [-0.2, -0.15) is 0 Å². The van der Waals surface area contributed by atoms with Crippen molar-refractivity contribution in [2.45, 2.75) is 52.4 Å². The summed E-state index contributed by atoms with van der Waals surface area (Å²) in [7, 11) is 0. The third kappa shape index (κ3) is 3.13. The van der Waals surface area contributed by atoms with Crippen LogP contribution in [0.15, 0.2) is 11.6 Å². The average Bonchev–Trinajstić information content (AvgIpc) is 2.25. The quantitative estimate of drug-likeness (QED) is 0.683. The molecule has 0 bridgehead atoms. The van der Waals surface area contributed by atoms with Gasteiger partial charge in [-0.15, -0.1) is 0 Å². The molecule has 1 aliphatic rings. The van der Waals surface area contributed by atoms with Crippen molar-refractivity contribution in [3.8, 4) is 0 Å². The maximum absolute atomic E-state index is 5.53. The van der Waals surface area contributed by atoms with E-state index in [1.54, 1.807) is 5.57 Å². The van der Waals surface area contributed by atoms with Crippen LogP contribution in [-0.4, -0.2) is 6.54 Å². The first-order valence-corrected chi connectivity index (χ1v) is 6.16. The van der Waals surface area contributed by atoms with Crippen LogP contribution in [0.2, 0.25) is 0 Å². The van der Waals surface area contributed by atoms with E-state index in [4.69, 9.17) is 5.73 Å². The molecule has 0 aromatic rings. The van der Waals surface area contributed by atoms with Gasteiger partial charge in [-0.25, -0.2) is 0 Å². The minimum atomic E-state index is 0.793. The number of allylic oxidation sites excluding steroid dienone is 1. The third-order valence-electron chi connectivity index (χ3n) is 3.65. The van der Waals surface area contributed by atoms with Crippen LogP contribution in [0, 0.1) is 11.8 Å². The summed E-state index contributed by atoms with van der Waals surface area (Å²) in [6.07, 6.45) is 10.5. The van der Waals surface area contributed by atoms with Crippen molar-refractivity contribution in [1.29, 1.82) is 0 Å². The van der Waals surface area contributed by atoms with Crippen molar-refractivity contribution < 1.29 is 0 Å². The minimum absolute atomic E-state index is 0.793. The zero-order valence-corrected chi connectivity index (χ0v) is 9.76. The van der Waals surface area contributed by atoms with Gasteiger partial charge in [-0.05, 0) is 44.6 Å². The lowest BCUT2D eigenvalue weighted by Gasteiger charge is -2.31. The molecule has 82 valence electrons. The lowest BCUT2D eigenvalue weighted by molar-refractivity contribution is 0.264. The minimum Gasteiger partial charge on any atom is -0.330 e. The fourth-order valence-corrected chi connectivity index (χ4v) is 2.76. The van der Waals surface area contributed by atoms with Gasteiger partial charge in [-0.1, -0.05) is 37.8 Å². The van der Waals surface area contributed by atoms with Crippen molar-refractivity contribution in [3.05, 3.63) is 11.6 Å². The number of rotatable bonds is 4. The Balaban J connectivity index is 2.53. The van der Waals surface area contributed by atoms with Crippen molar-refractivity contribution in [2.75, 3.05) is 6.54 Å². The van der Waals surface area contributed by atoms with Crippen LogP contribution in [0.25, 0.3) is 0 Å². The molecule has 0 aromatic carbocycles. The lowest BCUT2D eigenvalue weighted by atomic mass is 9.74. The van der Waals surface area contributed by atoms with E-state index in [1.807, 2.05) is 0 Å². The van der Waals surface area contributed by atoms with Crippen LogP contribution in [0.4, 0.5) is 0 Å². The molecule has 2 N–H and O–H groups in total. The van der Waals surface area contributed by atoms with Crippen LogP contribution in [-0.2, 0) is 0 Å². The van der Waals surface area contributed by atoms with Gasteiger partial charge < -0.3 is 5.73 Å². The van der Waals surface area contributed by atoms with Crippen LogP contribution in [0.1, 0.15) is 52.4 Å². The summed E-state index contributed by atoms with van der Waals surface area (Å²) in [6.45, 7) is 5.42. The Morgan fingerprint density at radius 2 is 2.07 bits per heavy atom. The predicted molar refractivity (Wildman–Crippen MR) is 63.2 cm³/mol. The summed E-state index contributed by atoms with van der Waals surface area (Å²) in [5.74, 6) is 1.80. The Morgan fingerprint density at radius 3 is 2.71 bits per heavy atom. The number of hydrogen-bond acceptors (Lipinski definition) is 1. The fraction of sp³-hybridized carbons (Fsp3) is 0.846. The Morgan fingerprint density at radius 1 is 1.36 bits per heavy atom. The van der Waals surface area contributed by atoms with Crippen LogP contribution < -0.4 is 5.73 Å². The largest absolute Gasteiger partial charge is 0.330 e. The first-order valence-electron chi connectivity index (χ1n) is 6.16. The van der Waals surface area contributed by atoms with E-state index in [9.17, 15) is 0 Å². The van der Waals surface area contributed by atoms with Gasteiger partial charge in [0.15, 0.2) is 0 Å². The summed E-state index contributed by atoms with van der Waals surface area (Å²) in [4.78, 5) is 0. The number of nitrogens with two attached hydrogens (primary N) is 1. The predicted octanol–water partition coefficient (Wildman–Crippen LogP) is 3.50. The molecule has 14 heavy (non-hydrogen) atoms. The molecule has 1 saturated carbocycles. The zero-order chi connectivity index (χ0) is 10.4. The van der Waals surface area contributed by atoms with Crippen molar-refractivity contribution in [1.82, 2.24) is 0 Å². The van der Waals surface area contributed by atoms with Crippen molar-refractivity contribution in [2.24, 2.45) is 17.6 Å². The molecule has 1 fully saturated rings. The SMILES string of the molecule is CCC1CCCCC1C(C)=CCCN. The van der Waals surface area contributed by atoms with E-state index < -0.39 is 0 Å². The molecule has 0 aromatic heterocycles. The molecule has 0 saturated heterocycles. The van der Waals surface area contributed by atoms with Crippen LogP contribution in [0.5, 0.6) is 0 Å². The van der Waals surface area contributed by atoms with E-state index in [0.717, 1.165) is 24.8 Å². The second-order valence-electron chi connectivity index (χ2n) is 4.58. The Kier molecular flexibility index (Phi) is 5.24. The molecule has 1 heteroatoms. The molecule has 1 nitrogen and oxygen atoms in total. The van der Waals surface area contributed by atoms with Gasteiger partial charge >= 0.3 is 0 Å². The van der Waals surface area contributed by atoms with Gasteiger partial charge in [0.05, 0.1) is 0 Å². The van der Waals surface area contributed by atoms with Crippen molar-refractivity contribution >= 4 is 0 Å². The lowest BCUT2D eigenvalue weighted by Crippen LogP contribution is -2.20. The highest BCUT2D eigenvalue weighted by Crippen LogP contribution is 2.36. The van der Waals surface area contributed by atoms with E-state index in [2.05, 4.69) is 19.9 Å². The van der Waals surface area contributed by atoms with Gasteiger partial charge in [0.2, 0.25) is 0 Å². The molecular weight excluding hydrogens is 170 g/mol. The Bertz CT molecular complexity index is 184. The van der Waals surface area contributed by atoms with E-state index in [1.165, 1.54) is 32.1 Å². The highest BCUT2D eigenvalue weighted by molar-refractivity contribution is 5.06. The van der Waals surface area contributed by atoms with Gasteiger partial charge in [-0.3, -0.25) is 0 Å². The van der Waals surface area contributed by atoms with Gasteiger partial charge in [0.1, 0.15) is 0 Å². The third-order valence-corrected chi connectivity index (χ3v) is 3.65. The maximum Gasteiger partial charge on any atom is -0.00425 e. The molecule has 0 amide bonds. The topological polar surface area (TPSA) is 26.0 Å². The summed E-state index contributed by atoms with van der Waals surface area (Å²) >= 11 is 0. The molecule has 2 unspecified atom stereocenters. The zero-order valence-electron chi connectivity index (χ0n) is 9.76. The van der Waals surface area contributed by atoms with Crippen LogP contribution >= 0.6 is 0 Å². The molecular formula is C13H25N.